The number of nitrogens with zero attached hydrogens (tertiary/aromatic N) is 2. The molecule has 1 aliphatic rings. The summed E-state index contributed by atoms with van der Waals surface area (Å²) in [6, 6.07) is 10.4. The van der Waals surface area contributed by atoms with E-state index >= 15 is 0 Å². The average Bonchev–Trinajstić information content (AvgIpc) is 3.54. The van der Waals surface area contributed by atoms with Crippen LogP contribution < -0.4 is 0 Å². The molecule has 0 atom stereocenters. The fourth-order valence-electron chi connectivity index (χ4n) is 5.03. The summed E-state index contributed by atoms with van der Waals surface area (Å²) >= 11 is 0. The maximum atomic E-state index is 12.6. The fourth-order valence-corrected chi connectivity index (χ4v) is 5.03. The SMILES string of the molecule is CC.CC.CCc1ccc(F)cc1F.CCc1ccc2c(c1)C=CC2.CN=C(C)/C=C(\C)CC(C/C(C)=C/C(C)=NC)(C(C)=O)C(C)=O. The van der Waals surface area contributed by atoms with Gasteiger partial charge in [0.15, 0.2) is 0 Å². The van der Waals surface area contributed by atoms with Crippen molar-refractivity contribution in [2.75, 3.05) is 14.1 Å². The van der Waals surface area contributed by atoms with Crippen LogP contribution in [0.2, 0.25) is 0 Å². The third-order valence-electron chi connectivity index (χ3n) is 7.77. The first kappa shape index (κ1) is 46.3. The summed E-state index contributed by atoms with van der Waals surface area (Å²) in [4.78, 5) is 32.9. The number of carbonyl (C=O) groups is 2. The molecule has 0 radical (unpaired) electrons. The molecule has 1 aliphatic carbocycles. The standard InChI is InChI=1S/C19H30N2O2.C11H12.C8H8F2.2C2H6/c1-13(9-15(3)20-7)11-19(17(5)22,18(6)23)12-14(2)10-16(4)21-8;1-2-9-6-7-10-4-3-5-11(10)8-9;1-2-6-3-4-7(9)5-8(6)10;2*1-2/h9-10H,11-12H2,1-8H3;3,5-8H,2,4H2,1H3;3-5H,2H2,1H3;2*1-2H3/b13-9+,14-10+,20-15?,21-16?;;;;. The highest BCUT2D eigenvalue weighted by Crippen LogP contribution is 2.36. The first-order chi connectivity index (χ1) is 22.7. The molecule has 0 heterocycles. The lowest BCUT2D eigenvalue weighted by Gasteiger charge is -2.29. The number of ketones is 2. The monoisotopic (exact) mass is 664 g/mol. The Morgan fingerprint density at radius 2 is 1.25 bits per heavy atom. The summed E-state index contributed by atoms with van der Waals surface area (Å²) in [5, 5.41) is 0. The molecule has 0 bridgehead atoms. The summed E-state index contributed by atoms with van der Waals surface area (Å²) in [5.74, 6) is -1.16. The Balaban J connectivity index is 0. The highest BCUT2D eigenvalue weighted by molar-refractivity contribution is 6.06. The van der Waals surface area contributed by atoms with Gasteiger partial charge in [-0.25, -0.2) is 8.78 Å². The van der Waals surface area contributed by atoms with Crippen molar-refractivity contribution >= 4 is 29.1 Å². The van der Waals surface area contributed by atoms with Gasteiger partial charge in [0.2, 0.25) is 0 Å². The maximum absolute atomic E-state index is 12.6. The van der Waals surface area contributed by atoms with E-state index in [9.17, 15) is 18.4 Å². The first-order valence-electron chi connectivity index (χ1n) is 17.2. The molecule has 2 aromatic carbocycles. The van der Waals surface area contributed by atoms with Gasteiger partial charge in [-0.2, -0.15) is 0 Å². The van der Waals surface area contributed by atoms with Gasteiger partial charge in [0, 0.05) is 31.6 Å². The van der Waals surface area contributed by atoms with Crippen LogP contribution in [0, 0.1) is 17.0 Å². The van der Waals surface area contributed by atoms with Gasteiger partial charge in [-0.05, 0) is 114 Å². The molecule has 0 N–H and O–H groups in total. The van der Waals surface area contributed by atoms with E-state index < -0.39 is 17.0 Å². The van der Waals surface area contributed by atoms with Crippen LogP contribution in [-0.4, -0.2) is 37.1 Å². The molecule has 0 fully saturated rings. The second kappa shape index (κ2) is 25.2. The third-order valence-corrected chi connectivity index (χ3v) is 7.77. The number of fused-ring (bicyclic) bond motifs is 1. The Morgan fingerprint density at radius 1 is 0.750 bits per heavy atom. The smallest absolute Gasteiger partial charge is 0.143 e. The molecule has 0 amide bonds. The number of aliphatic imine (C=N–C) groups is 2. The number of hydrogen-bond acceptors (Lipinski definition) is 4. The maximum Gasteiger partial charge on any atom is 0.143 e. The minimum atomic E-state index is -1.01. The van der Waals surface area contributed by atoms with Crippen molar-refractivity contribution in [2.24, 2.45) is 15.4 Å². The zero-order chi connectivity index (χ0) is 37.4. The van der Waals surface area contributed by atoms with E-state index in [0.29, 0.717) is 24.8 Å². The lowest BCUT2D eigenvalue weighted by Crippen LogP contribution is -2.37. The van der Waals surface area contributed by atoms with E-state index in [1.165, 1.54) is 42.7 Å². The lowest BCUT2D eigenvalue weighted by molar-refractivity contribution is -0.138. The Labute approximate surface area is 291 Å². The van der Waals surface area contributed by atoms with Crippen LogP contribution in [0.5, 0.6) is 0 Å². The van der Waals surface area contributed by atoms with Gasteiger partial charge in [-0.15, -0.1) is 0 Å². The molecule has 48 heavy (non-hydrogen) atoms. The first-order valence-corrected chi connectivity index (χ1v) is 17.2. The molecular weight excluding hydrogens is 602 g/mol. The lowest BCUT2D eigenvalue weighted by atomic mass is 9.71. The highest BCUT2D eigenvalue weighted by Gasteiger charge is 2.40. The van der Waals surface area contributed by atoms with Crippen LogP contribution in [0.3, 0.4) is 0 Å². The molecule has 0 spiro atoms. The number of hydrogen-bond donors (Lipinski definition) is 0. The van der Waals surface area contributed by atoms with Crippen LogP contribution in [0.15, 0.2) is 75.8 Å². The Morgan fingerprint density at radius 3 is 1.65 bits per heavy atom. The Bertz CT molecular complexity index is 1390. The van der Waals surface area contributed by atoms with Gasteiger partial charge in [0.05, 0.1) is 5.41 Å². The van der Waals surface area contributed by atoms with Gasteiger partial charge in [-0.3, -0.25) is 19.6 Å². The molecule has 0 unspecified atom stereocenters. The van der Waals surface area contributed by atoms with Gasteiger partial charge in [0.25, 0.3) is 0 Å². The van der Waals surface area contributed by atoms with Crippen molar-refractivity contribution < 1.29 is 18.4 Å². The summed E-state index contributed by atoms with van der Waals surface area (Å²) in [6.07, 6.45) is 12.0. The van der Waals surface area contributed by atoms with Crippen LogP contribution in [0.4, 0.5) is 8.78 Å². The number of benzene rings is 2. The number of Topliss-reactive ketones (excluding diaryl/α,β-unsaturated/α-hetero) is 2. The summed E-state index contributed by atoms with van der Waals surface area (Å²) in [7, 11) is 3.45. The highest BCUT2D eigenvalue weighted by atomic mass is 19.1. The quantitative estimate of drug-likeness (QED) is 0.187. The van der Waals surface area contributed by atoms with E-state index in [0.717, 1.165) is 41.5 Å². The summed E-state index contributed by atoms with van der Waals surface area (Å²) < 4.78 is 24.9. The zero-order valence-corrected chi connectivity index (χ0v) is 32.3. The minimum Gasteiger partial charge on any atom is -0.299 e. The van der Waals surface area contributed by atoms with E-state index in [1.807, 2.05) is 74.5 Å². The van der Waals surface area contributed by atoms with Crippen molar-refractivity contribution in [3.63, 3.8) is 0 Å². The van der Waals surface area contributed by atoms with Crippen molar-refractivity contribution in [1.82, 2.24) is 0 Å². The molecule has 266 valence electrons. The predicted octanol–water partition coefficient (Wildman–Crippen LogP) is 11.4. The van der Waals surface area contributed by atoms with Crippen LogP contribution >= 0.6 is 0 Å². The van der Waals surface area contributed by atoms with Gasteiger partial charge in [-0.1, -0.05) is 89.1 Å². The van der Waals surface area contributed by atoms with E-state index in [2.05, 4.69) is 47.3 Å². The molecule has 0 saturated heterocycles. The third kappa shape index (κ3) is 16.3. The molecule has 0 aromatic heterocycles. The predicted molar refractivity (Wildman–Crippen MR) is 206 cm³/mol. The van der Waals surface area contributed by atoms with Gasteiger partial charge < -0.3 is 0 Å². The number of aryl methyl sites for hydroxylation is 2. The summed E-state index contributed by atoms with van der Waals surface area (Å²) in [6.45, 7) is 22.7. The van der Waals surface area contributed by atoms with E-state index in [4.69, 9.17) is 0 Å². The van der Waals surface area contributed by atoms with Crippen molar-refractivity contribution in [1.29, 1.82) is 0 Å². The zero-order valence-electron chi connectivity index (χ0n) is 32.3. The topological polar surface area (TPSA) is 58.9 Å². The van der Waals surface area contributed by atoms with Gasteiger partial charge >= 0.3 is 0 Å². The van der Waals surface area contributed by atoms with Crippen molar-refractivity contribution in [3.05, 3.63) is 99.7 Å². The molecular formula is C42H62F2N2O2. The second-order valence-corrected chi connectivity index (χ2v) is 11.3. The van der Waals surface area contributed by atoms with E-state index in [-0.39, 0.29) is 11.6 Å². The summed E-state index contributed by atoms with van der Waals surface area (Å²) in [5.41, 5.74) is 7.60. The van der Waals surface area contributed by atoms with Crippen LogP contribution in [-0.2, 0) is 28.9 Å². The Kier molecular flexibility index (Phi) is 24.4. The van der Waals surface area contributed by atoms with Crippen LogP contribution in [0.25, 0.3) is 6.08 Å². The van der Waals surface area contributed by atoms with Crippen molar-refractivity contribution in [3.8, 4) is 0 Å². The molecule has 6 heteroatoms. The normalized spacial score (nSPS) is 12.6. The second-order valence-electron chi connectivity index (χ2n) is 11.3. The number of rotatable bonds is 10. The van der Waals surface area contributed by atoms with Crippen molar-refractivity contribution in [2.45, 2.75) is 115 Å². The Hall–Kier alpha value is -3.80. The molecule has 2 aromatic rings. The molecule has 3 rings (SSSR count). The molecule has 0 saturated carbocycles. The minimum absolute atomic E-state index is 0.0947. The number of halogens is 2. The molecule has 0 aliphatic heterocycles. The van der Waals surface area contributed by atoms with E-state index in [1.54, 1.807) is 14.1 Å². The average molecular weight is 665 g/mol. The number of allylic oxidation sites excluding steroid dienone is 5. The largest absolute Gasteiger partial charge is 0.299 e. The number of carbonyl (C=O) groups excluding carboxylic acids is 2. The molecule has 4 nitrogen and oxygen atoms in total. The van der Waals surface area contributed by atoms with Crippen LogP contribution in [0.1, 0.15) is 118 Å². The fraction of sp³-hybridized carbons (Fsp3) is 0.476. The van der Waals surface area contributed by atoms with Gasteiger partial charge in [0.1, 0.15) is 23.2 Å².